The van der Waals surface area contributed by atoms with Gasteiger partial charge in [0, 0.05) is 13.6 Å². The molecule has 1 aromatic rings. The minimum absolute atomic E-state index is 0.158. The molecule has 2 rings (SSSR count). The van der Waals surface area contributed by atoms with Crippen molar-refractivity contribution >= 4 is 5.82 Å². The Labute approximate surface area is 107 Å². The van der Waals surface area contributed by atoms with E-state index in [1.807, 2.05) is 14.0 Å². The number of nitrogens with zero attached hydrogens (tertiary/aromatic N) is 3. The number of aliphatic hydroxyl groups is 1. The smallest absolute Gasteiger partial charge is 0.142 e. The Balaban J connectivity index is 2.00. The summed E-state index contributed by atoms with van der Waals surface area (Å²) < 4.78 is 1.72. The van der Waals surface area contributed by atoms with E-state index in [0.29, 0.717) is 11.5 Å². The van der Waals surface area contributed by atoms with Gasteiger partial charge in [-0.15, -0.1) is 0 Å². The van der Waals surface area contributed by atoms with Crippen molar-refractivity contribution in [3.05, 3.63) is 11.3 Å². The van der Waals surface area contributed by atoms with E-state index in [1.54, 1.807) is 4.68 Å². The molecule has 1 fully saturated rings. The molecule has 0 aromatic carbocycles. The van der Waals surface area contributed by atoms with Gasteiger partial charge in [0.25, 0.3) is 0 Å². The van der Waals surface area contributed by atoms with Crippen molar-refractivity contribution < 1.29 is 5.11 Å². The summed E-state index contributed by atoms with van der Waals surface area (Å²) in [6.45, 7) is 2.64. The number of nitrogens with one attached hydrogen (secondary N) is 1. The van der Waals surface area contributed by atoms with E-state index < -0.39 is 0 Å². The minimum atomic E-state index is -0.158. The van der Waals surface area contributed by atoms with Crippen LogP contribution >= 0.6 is 0 Å². The molecule has 0 radical (unpaired) electrons. The second-order valence-electron chi connectivity index (χ2n) is 5.11. The Morgan fingerprint density at radius 1 is 1.56 bits per heavy atom. The minimum Gasteiger partial charge on any atom is -0.393 e. The summed E-state index contributed by atoms with van der Waals surface area (Å²) in [5.74, 6) is 1.27. The first-order valence-electron chi connectivity index (χ1n) is 6.47. The number of nitriles is 1. The van der Waals surface area contributed by atoms with E-state index in [2.05, 4.69) is 16.5 Å². The molecule has 0 amide bonds. The van der Waals surface area contributed by atoms with Crippen LogP contribution in [0.25, 0.3) is 0 Å². The standard InChI is InChI=1S/C13H20N4O/c1-9-12(7-14)13(17(2)16-9)15-8-10-4-3-5-11(18)6-10/h10-11,15,18H,3-6,8H2,1-2H3. The Hall–Kier alpha value is -1.54. The number of hydrogen-bond acceptors (Lipinski definition) is 4. The van der Waals surface area contributed by atoms with Crippen LogP contribution in [-0.2, 0) is 7.05 Å². The number of anilines is 1. The Kier molecular flexibility index (Phi) is 3.87. The normalized spacial score (nSPS) is 23.7. The van der Waals surface area contributed by atoms with Gasteiger partial charge in [-0.25, -0.2) is 0 Å². The Bertz CT molecular complexity index is 460. The second kappa shape index (κ2) is 5.40. The van der Waals surface area contributed by atoms with Crippen molar-refractivity contribution in [3.8, 4) is 6.07 Å². The molecule has 5 nitrogen and oxygen atoms in total. The fourth-order valence-corrected chi connectivity index (χ4v) is 2.68. The summed E-state index contributed by atoms with van der Waals surface area (Å²) in [5.41, 5.74) is 1.38. The van der Waals surface area contributed by atoms with Crippen molar-refractivity contribution in [2.45, 2.75) is 38.7 Å². The number of hydrogen-bond donors (Lipinski definition) is 2. The summed E-state index contributed by atoms with van der Waals surface area (Å²) in [6.07, 6.45) is 3.84. The molecule has 2 atom stereocenters. The maximum atomic E-state index is 9.64. The van der Waals surface area contributed by atoms with Gasteiger partial charge in [-0.1, -0.05) is 6.42 Å². The molecule has 5 heteroatoms. The van der Waals surface area contributed by atoms with Gasteiger partial charge in [0.1, 0.15) is 17.5 Å². The third-order valence-electron chi connectivity index (χ3n) is 3.65. The van der Waals surface area contributed by atoms with Crippen LogP contribution in [0.1, 0.15) is 36.9 Å². The number of aliphatic hydroxyl groups excluding tert-OH is 1. The SMILES string of the molecule is Cc1nn(C)c(NCC2CCCC(O)C2)c1C#N. The molecule has 0 aliphatic heterocycles. The van der Waals surface area contributed by atoms with Gasteiger partial charge in [-0.3, -0.25) is 4.68 Å². The number of aromatic nitrogens is 2. The molecule has 1 heterocycles. The van der Waals surface area contributed by atoms with Crippen molar-refractivity contribution in [1.29, 1.82) is 5.26 Å². The average molecular weight is 248 g/mol. The van der Waals surface area contributed by atoms with Gasteiger partial charge in [-0.2, -0.15) is 10.4 Å². The first-order chi connectivity index (χ1) is 8.61. The monoisotopic (exact) mass is 248 g/mol. The predicted molar refractivity (Wildman–Crippen MR) is 69.1 cm³/mol. The highest BCUT2D eigenvalue weighted by Crippen LogP contribution is 2.25. The zero-order valence-corrected chi connectivity index (χ0v) is 11.0. The van der Waals surface area contributed by atoms with Crippen LogP contribution in [0.2, 0.25) is 0 Å². The molecular formula is C13H20N4O. The summed E-state index contributed by atoms with van der Waals surface area (Å²) in [4.78, 5) is 0. The van der Waals surface area contributed by atoms with Gasteiger partial charge >= 0.3 is 0 Å². The van der Waals surface area contributed by atoms with E-state index in [9.17, 15) is 5.11 Å². The molecule has 1 aromatic heterocycles. The summed E-state index contributed by atoms with van der Waals surface area (Å²) in [6, 6.07) is 2.19. The van der Waals surface area contributed by atoms with Gasteiger partial charge < -0.3 is 10.4 Å². The van der Waals surface area contributed by atoms with Gasteiger partial charge in [0.05, 0.1) is 11.8 Å². The van der Waals surface area contributed by atoms with E-state index >= 15 is 0 Å². The second-order valence-corrected chi connectivity index (χ2v) is 5.11. The fourth-order valence-electron chi connectivity index (χ4n) is 2.68. The van der Waals surface area contributed by atoms with Crippen LogP contribution in [0.5, 0.6) is 0 Å². The molecule has 0 saturated heterocycles. The molecule has 2 N–H and O–H groups in total. The van der Waals surface area contributed by atoms with Crippen LogP contribution < -0.4 is 5.32 Å². The molecule has 1 saturated carbocycles. The summed E-state index contributed by atoms with van der Waals surface area (Å²) in [7, 11) is 1.84. The third kappa shape index (κ3) is 2.65. The maximum absolute atomic E-state index is 9.64. The third-order valence-corrected chi connectivity index (χ3v) is 3.65. The number of aryl methyl sites for hydroxylation is 2. The average Bonchev–Trinajstić information content (AvgIpc) is 2.60. The lowest BCUT2D eigenvalue weighted by atomic mass is 9.87. The largest absolute Gasteiger partial charge is 0.393 e. The molecular weight excluding hydrogens is 228 g/mol. The van der Waals surface area contributed by atoms with Gasteiger partial charge in [-0.05, 0) is 32.1 Å². The van der Waals surface area contributed by atoms with E-state index in [1.165, 1.54) is 0 Å². The predicted octanol–water partition coefficient (Wildman–Crippen LogP) is 1.56. The van der Waals surface area contributed by atoms with E-state index in [-0.39, 0.29) is 6.10 Å². The highest BCUT2D eigenvalue weighted by atomic mass is 16.3. The Morgan fingerprint density at radius 3 is 3.00 bits per heavy atom. The highest BCUT2D eigenvalue weighted by molar-refractivity contribution is 5.54. The lowest BCUT2D eigenvalue weighted by molar-refractivity contribution is 0.104. The quantitative estimate of drug-likeness (QED) is 0.851. The fraction of sp³-hybridized carbons (Fsp3) is 0.692. The van der Waals surface area contributed by atoms with E-state index in [4.69, 9.17) is 5.26 Å². The first-order valence-corrected chi connectivity index (χ1v) is 6.47. The number of rotatable bonds is 3. The molecule has 2 unspecified atom stereocenters. The lowest BCUT2D eigenvalue weighted by Crippen LogP contribution is -2.25. The zero-order chi connectivity index (χ0) is 13.1. The highest BCUT2D eigenvalue weighted by Gasteiger charge is 2.21. The maximum Gasteiger partial charge on any atom is 0.142 e. The van der Waals surface area contributed by atoms with Crippen LogP contribution in [0.15, 0.2) is 0 Å². The van der Waals surface area contributed by atoms with Crippen molar-refractivity contribution in [2.75, 3.05) is 11.9 Å². The zero-order valence-electron chi connectivity index (χ0n) is 11.0. The van der Waals surface area contributed by atoms with Crippen LogP contribution in [0.4, 0.5) is 5.82 Å². The van der Waals surface area contributed by atoms with Crippen LogP contribution in [0, 0.1) is 24.2 Å². The Morgan fingerprint density at radius 2 is 2.33 bits per heavy atom. The first kappa shape index (κ1) is 12.9. The van der Waals surface area contributed by atoms with Crippen molar-refractivity contribution in [2.24, 2.45) is 13.0 Å². The molecule has 0 spiro atoms. The van der Waals surface area contributed by atoms with Crippen LogP contribution in [0.3, 0.4) is 0 Å². The lowest BCUT2D eigenvalue weighted by Gasteiger charge is -2.26. The molecule has 98 valence electrons. The topological polar surface area (TPSA) is 73.9 Å². The molecule has 0 bridgehead atoms. The summed E-state index contributed by atoms with van der Waals surface area (Å²) in [5, 5.41) is 26.3. The summed E-state index contributed by atoms with van der Waals surface area (Å²) >= 11 is 0. The van der Waals surface area contributed by atoms with E-state index in [0.717, 1.165) is 43.7 Å². The molecule has 18 heavy (non-hydrogen) atoms. The van der Waals surface area contributed by atoms with Crippen LogP contribution in [-0.4, -0.2) is 27.5 Å². The van der Waals surface area contributed by atoms with Gasteiger partial charge in [0.15, 0.2) is 0 Å². The van der Waals surface area contributed by atoms with Crippen molar-refractivity contribution in [1.82, 2.24) is 9.78 Å². The van der Waals surface area contributed by atoms with Crippen molar-refractivity contribution in [3.63, 3.8) is 0 Å². The molecule has 1 aliphatic rings. The molecule has 1 aliphatic carbocycles. The van der Waals surface area contributed by atoms with Gasteiger partial charge in [0.2, 0.25) is 0 Å².